The van der Waals surface area contributed by atoms with E-state index in [1.165, 1.54) is 5.56 Å². The lowest BCUT2D eigenvalue weighted by molar-refractivity contribution is 0.258. The fourth-order valence-corrected chi connectivity index (χ4v) is 5.15. The number of nitrogens with zero attached hydrogens (tertiary/aromatic N) is 3. The Bertz CT molecular complexity index is 1030. The number of nitrogens with one attached hydrogen (secondary N) is 1. The lowest BCUT2D eigenvalue weighted by atomic mass is 10.1. The van der Waals surface area contributed by atoms with Crippen LogP contribution in [0.25, 0.3) is 11.0 Å². The zero-order valence-corrected chi connectivity index (χ0v) is 16.8. The SMILES string of the molecule is C[C@H](c1ccccc1)N1CC[C@@H](NS(=O)(=O)CCn2cnc3ccccc32)C1. The Kier molecular flexibility index (Phi) is 5.48. The molecule has 4 rings (SSSR count). The molecule has 0 radical (unpaired) electrons. The molecule has 0 amide bonds. The van der Waals surface area contributed by atoms with Crippen LogP contribution < -0.4 is 4.72 Å². The summed E-state index contributed by atoms with van der Waals surface area (Å²) in [5.74, 6) is 0.0537. The third-order valence-electron chi connectivity index (χ3n) is 5.52. The molecule has 0 saturated carbocycles. The highest BCUT2D eigenvalue weighted by atomic mass is 32.2. The molecule has 1 aromatic heterocycles. The van der Waals surface area contributed by atoms with Crippen molar-refractivity contribution < 1.29 is 8.42 Å². The van der Waals surface area contributed by atoms with Crippen LogP contribution in [0.4, 0.5) is 0 Å². The van der Waals surface area contributed by atoms with E-state index in [4.69, 9.17) is 0 Å². The van der Waals surface area contributed by atoms with E-state index in [0.717, 1.165) is 30.5 Å². The second kappa shape index (κ2) is 8.03. The summed E-state index contributed by atoms with van der Waals surface area (Å²) in [5.41, 5.74) is 3.11. The smallest absolute Gasteiger partial charge is 0.213 e. The van der Waals surface area contributed by atoms with E-state index < -0.39 is 10.0 Å². The zero-order chi connectivity index (χ0) is 19.6. The summed E-state index contributed by atoms with van der Waals surface area (Å²) in [6, 6.07) is 18.4. The molecule has 1 saturated heterocycles. The van der Waals surface area contributed by atoms with Gasteiger partial charge in [0.15, 0.2) is 0 Å². The molecule has 1 aliphatic rings. The van der Waals surface area contributed by atoms with Crippen LogP contribution in [-0.2, 0) is 16.6 Å². The Morgan fingerprint density at radius 1 is 1.14 bits per heavy atom. The molecule has 2 aromatic carbocycles. The molecule has 6 nitrogen and oxygen atoms in total. The zero-order valence-electron chi connectivity index (χ0n) is 16.0. The van der Waals surface area contributed by atoms with E-state index >= 15 is 0 Å². The van der Waals surface area contributed by atoms with Gasteiger partial charge in [-0.15, -0.1) is 0 Å². The second-order valence-electron chi connectivity index (χ2n) is 7.43. The van der Waals surface area contributed by atoms with Gasteiger partial charge >= 0.3 is 0 Å². The first-order chi connectivity index (χ1) is 13.5. The number of likely N-dealkylation sites (tertiary alicyclic amines) is 1. The summed E-state index contributed by atoms with van der Waals surface area (Å²) < 4.78 is 30.0. The van der Waals surface area contributed by atoms with Crippen LogP contribution in [0.5, 0.6) is 0 Å². The standard InChI is InChI=1S/C21H26N4O2S/c1-17(18-7-3-2-4-8-18)24-12-11-19(15-24)23-28(26,27)14-13-25-16-22-20-9-5-6-10-21(20)25/h2-10,16-17,19,23H,11-15H2,1H3/t17-,19-/m1/s1. The molecule has 7 heteroatoms. The number of para-hydroxylation sites is 2. The van der Waals surface area contributed by atoms with Gasteiger partial charge in [-0.25, -0.2) is 18.1 Å². The van der Waals surface area contributed by atoms with Gasteiger partial charge in [-0.3, -0.25) is 4.90 Å². The van der Waals surface area contributed by atoms with Gasteiger partial charge in [-0.05, 0) is 31.0 Å². The topological polar surface area (TPSA) is 67.2 Å². The van der Waals surface area contributed by atoms with Crippen LogP contribution in [0.15, 0.2) is 60.9 Å². The number of hydrogen-bond acceptors (Lipinski definition) is 4. The number of sulfonamides is 1. The molecule has 0 spiro atoms. The summed E-state index contributed by atoms with van der Waals surface area (Å²) in [5, 5.41) is 0. The summed E-state index contributed by atoms with van der Waals surface area (Å²) in [7, 11) is -3.35. The molecule has 3 aromatic rings. The molecule has 0 bridgehead atoms. The highest BCUT2D eigenvalue weighted by Crippen LogP contribution is 2.24. The average Bonchev–Trinajstić information content (AvgIpc) is 3.33. The van der Waals surface area contributed by atoms with Crippen LogP contribution in [0, 0.1) is 0 Å². The molecule has 2 heterocycles. The van der Waals surface area contributed by atoms with E-state index in [9.17, 15) is 8.42 Å². The monoisotopic (exact) mass is 398 g/mol. The van der Waals surface area contributed by atoms with Crippen molar-refractivity contribution in [3.05, 3.63) is 66.5 Å². The highest BCUT2D eigenvalue weighted by Gasteiger charge is 2.29. The van der Waals surface area contributed by atoms with Crippen molar-refractivity contribution in [2.75, 3.05) is 18.8 Å². The minimum atomic E-state index is -3.35. The van der Waals surface area contributed by atoms with Crippen molar-refractivity contribution in [1.82, 2.24) is 19.2 Å². The highest BCUT2D eigenvalue weighted by molar-refractivity contribution is 7.89. The summed E-state index contributed by atoms with van der Waals surface area (Å²) in [6.45, 7) is 4.21. The maximum Gasteiger partial charge on any atom is 0.213 e. The first-order valence-corrected chi connectivity index (χ1v) is 11.4. The summed E-state index contributed by atoms with van der Waals surface area (Å²) >= 11 is 0. The molecule has 2 atom stereocenters. The van der Waals surface area contributed by atoms with E-state index in [2.05, 4.69) is 33.7 Å². The van der Waals surface area contributed by atoms with Crippen LogP contribution in [0.3, 0.4) is 0 Å². The third kappa shape index (κ3) is 4.27. The van der Waals surface area contributed by atoms with Crippen molar-refractivity contribution in [3.8, 4) is 0 Å². The molecule has 1 aliphatic heterocycles. The summed E-state index contributed by atoms with van der Waals surface area (Å²) in [4.78, 5) is 6.66. The van der Waals surface area contributed by atoms with Crippen LogP contribution in [0.2, 0.25) is 0 Å². The van der Waals surface area contributed by atoms with Gasteiger partial charge < -0.3 is 4.57 Å². The normalized spacial score (nSPS) is 19.2. The Labute approximate surface area is 166 Å². The Morgan fingerprint density at radius 2 is 1.89 bits per heavy atom. The number of imidazole rings is 1. The van der Waals surface area contributed by atoms with E-state index in [0.29, 0.717) is 6.54 Å². The quantitative estimate of drug-likeness (QED) is 0.665. The number of aryl methyl sites for hydroxylation is 1. The van der Waals surface area contributed by atoms with Crippen molar-refractivity contribution in [2.24, 2.45) is 0 Å². The van der Waals surface area contributed by atoms with Crippen molar-refractivity contribution in [3.63, 3.8) is 0 Å². The van der Waals surface area contributed by atoms with Crippen LogP contribution >= 0.6 is 0 Å². The Hall–Kier alpha value is -2.22. The van der Waals surface area contributed by atoms with Crippen molar-refractivity contribution in [2.45, 2.75) is 32.0 Å². The molecule has 28 heavy (non-hydrogen) atoms. The lowest BCUT2D eigenvalue weighted by Gasteiger charge is -2.24. The van der Waals surface area contributed by atoms with Crippen molar-refractivity contribution >= 4 is 21.1 Å². The number of aromatic nitrogens is 2. The molecular formula is C21H26N4O2S. The molecule has 148 valence electrons. The first kappa shape index (κ1) is 19.1. The van der Waals surface area contributed by atoms with Gasteiger partial charge in [0.1, 0.15) is 0 Å². The third-order valence-corrected chi connectivity index (χ3v) is 6.94. The Morgan fingerprint density at radius 3 is 2.71 bits per heavy atom. The molecule has 1 N–H and O–H groups in total. The lowest BCUT2D eigenvalue weighted by Crippen LogP contribution is -2.39. The number of benzene rings is 2. The number of fused-ring (bicyclic) bond motifs is 1. The van der Waals surface area contributed by atoms with Gasteiger partial charge in [0.2, 0.25) is 10.0 Å². The summed E-state index contributed by atoms with van der Waals surface area (Å²) in [6.07, 6.45) is 2.55. The number of hydrogen-bond donors (Lipinski definition) is 1. The maximum absolute atomic E-state index is 12.6. The molecule has 1 fully saturated rings. The largest absolute Gasteiger partial charge is 0.330 e. The van der Waals surface area contributed by atoms with Gasteiger partial charge in [-0.2, -0.15) is 0 Å². The minimum Gasteiger partial charge on any atom is -0.330 e. The average molecular weight is 399 g/mol. The first-order valence-electron chi connectivity index (χ1n) is 9.71. The fourth-order valence-electron chi connectivity index (χ4n) is 3.90. The minimum absolute atomic E-state index is 0.0318. The van der Waals surface area contributed by atoms with Gasteiger partial charge in [-0.1, -0.05) is 42.5 Å². The van der Waals surface area contributed by atoms with Gasteiger partial charge in [0.25, 0.3) is 0 Å². The molecule has 0 aliphatic carbocycles. The fraction of sp³-hybridized carbons (Fsp3) is 0.381. The molecular weight excluding hydrogens is 372 g/mol. The Balaban J connectivity index is 1.33. The van der Waals surface area contributed by atoms with E-state index in [1.54, 1.807) is 6.33 Å². The predicted molar refractivity (Wildman–Crippen MR) is 111 cm³/mol. The van der Waals surface area contributed by atoms with E-state index in [1.807, 2.05) is 47.0 Å². The predicted octanol–water partition coefficient (Wildman–Crippen LogP) is 2.79. The van der Waals surface area contributed by atoms with E-state index in [-0.39, 0.29) is 17.8 Å². The van der Waals surface area contributed by atoms with Crippen molar-refractivity contribution in [1.29, 1.82) is 0 Å². The number of rotatable bonds is 7. The van der Waals surface area contributed by atoms with Crippen LogP contribution in [-0.4, -0.2) is 47.8 Å². The molecule has 0 unspecified atom stereocenters. The van der Waals surface area contributed by atoms with Crippen LogP contribution in [0.1, 0.15) is 24.9 Å². The van der Waals surface area contributed by atoms with Gasteiger partial charge in [0, 0.05) is 31.7 Å². The van der Waals surface area contributed by atoms with Gasteiger partial charge in [0.05, 0.1) is 23.1 Å². The maximum atomic E-state index is 12.6. The second-order valence-corrected chi connectivity index (χ2v) is 9.30.